The van der Waals surface area contributed by atoms with Gasteiger partial charge in [-0.2, -0.15) is 13.2 Å². The summed E-state index contributed by atoms with van der Waals surface area (Å²) in [6, 6.07) is 11.5. The summed E-state index contributed by atoms with van der Waals surface area (Å²) in [5.74, 6) is 0. The lowest BCUT2D eigenvalue weighted by atomic mass is 10.0. The van der Waals surface area contributed by atoms with Crippen molar-refractivity contribution < 1.29 is 18.3 Å². The van der Waals surface area contributed by atoms with Gasteiger partial charge in [-0.25, -0.2) is 0 Å². The topological polar surface area (TPSA) is 50.8 Å². The minimum atomic E-state index is -4.73. The van der Waals surface area contributed by atoms with Crippen LogP contribution in [0.4, 0.5) is 24.5 Å². The van der Waals surface area contributed by atoms with Crippen molar-refractivity contribution in [2.75, 3.05) is 18.0 Å². The van der Waals surface area contributed by atoms with E-state index in [1.54, 1.807) is 18.2 Å². The average molecular weight is 411 g/mol. The molecule has 2 aromatic carbocycles. The van der Waals surface area contributed by atoms with Gasteiger partial charge in [-0.05, 0) is 42.8 Å². The van der Waals surface area contributed by atoms with E-state index >= 15 is 0 Å². The number of alkyl halides is 3. The van der Waals surface area contributed by atoms with Crippen LogP contribution in [0.2, 0.25) is 5.02 Å². The van der Waals surface area contributed by atoms with Gasteiger partial charge in [-0.1, -0.05) is 23.7 Å². The lowest BCUT2D eigenvalue weighted by molar-refractivity contribution is -0.206. The molecule has 2 heterocycles. The molecule has 0 saturated heterocycles. The molecule has 148 valence electrons. The highest BCUT2D eigenvalue weighted by Crippen LogP contribution is 2.41. The van der Waals surface area contributed by atoms with E-state index in [0.717, 1.165) is 22.6 Å². The van der Waals surface area contributed by atoms with Gasteiger partial charge in [0.05, 0.1) is 23.6 Å². The third-order valence-corrected chi connectivity index (χ3v) is 5.13. The lowest BCUT2D eigenvalue weighted by Crippen LogP contribution is -2.40. The first-order valence-electron chi connectivity index (χ1n) is 8.68. The third-order valence-electron chi connectivity index (χ3n) is 4.88. The lowest BCUT2D eigenvalue weighted by Gasteiger charge is -2.26. The summed E-state index contributed by atoms with van der Waals surface area (Å²) < 4.78 is 39.2. The first-order chi connectivity index (χ1) is 13.3. The highest BCUT2D eigenvalue weighted by atomic mass is 35.5. The number of allylic oxidation sites excluding steroid dienone is 1. The maximum absolute atomic E-state index is 13.1. The molecule has 2 aromatic rings. The Labute approximate surface area is 164 Å². The number of anilines is 2. The zero-order valence-corrected chi connectivity index (χ0v) is 15.6. The molecular weight excluding hydrogens is 393 g/mol. The maximum atomic E-state index is 13.1. The summed E-state index contributed by atoms with van der Waals surface area (Å²) in [5.41, 5.74) is 9.79. The molecule has 28 heavy (non-hydrogen) atoms. The molecule has 1 unspecified atom stereocenters. The molecule has 5 nitrogen and oxygen atoms in total. The van der Waals surface area contributed by atoms with Crippen LogP contribution in [0, 0.1) is 0 Å². The Kier molecular flexibility index (Phi) is 4.65. The Balaban J connectivity index is 1.88. The van der Waals surface area contributed by atoms with Crippen LogP contribution in [0.3, 0.4) is 0 Å². The molecule has 0 amide bonds. The average Bonchev–Trinajstić information content (AvgIpc) is 2.93. The number of nitrogens with one attached hydrogen (secondary N) is 2. The Hall–Kier alpha value is -2.42. The number of hydrogen-bond donors (Lipinski definition) is 3. The van der Waals surface area contributed by atoms with E-state index in [4.69, 9.17) is 11.6 Å². The fourth-order valence-corrected chi connectivity index (χ4v) is 3.65. The van der Waals surface area contributed by atoms with E-state index < -0.39 is 12.3 Å². The Morgan fingerprint density at radius 1 is 1.11 bits per heavy atom. The van der Waals surface area contributed by atoms with Crippen molar-refractivity contribution >= 4 is 28.7 Å². The van der Waals surface area contributed by atoms with Crippen molar-refractivity contribution in [3.8, 4) is 0 Å². The fraction of sp³-hybridized carbons (Fsp3) is 0.263. The summed E-state index contributed by atoms with van der Waals surface area (Å²) in [5, 5.41) is 12.2. The number of rotatable bonds is 2. The maximum Gasteiger partial charge on any atom is 0.418 e. The number of hydrazine groups is 2. The largest absolute Gasteiger partial charge is 0.418 e. The van der Waals surface area contributed by atoms with Crippen molar-refractivity contribution in [2.45, 2.75) is 19.2 Å². The summed E-state index contributed by atoms with van der Waals surface area (Å²) in [4.78, 5) is 1.93. The van der Waals surface area contributed by atoms with Gasteiger partial charge in [0.15, 0.2) is 6.10 Å². The van der Waals surface area contributed by atoms with Crippen LogP contribution in [0.25, 0.3) is 5.70 Å². The van der Waals surface area contributed by atoms with E-state index in [9.17, 15) is 18.3 Å². The van der Waals surface area contributed by atoms with E-state index in [0.29, 0.717) is 23.8 Å². The normalized spacial score (nSPS) is 17.8. The SMILES string of the molecule is CC1=C2c3ccc(C(O)C(F)(F)F)cc3N(c3ccc(Cl)cc3)CCN2NN1. The van der Waals surface area contributed by atoms with Gasteiger partial charge in [0, 0.05) is 22.8 Å². The van der Waals surface area contributed by atoms with Crippen LogP contribution in [0.1, 0.15) is 24.2 Å². The van der Waals surface area contributed by atoms with Gasteiger partial charge < -0.3 is 15.4 Å². The van der Waals surface area contributed by atoms with E-state index in [1.165, 1.54) is 12.1 Å². The predicted octanol–water partition coefficient (Wildman–Crippen LogP) is 4.10. The van der Waals surface area contributed by atoms with Gasteiger partial charge in [-0.3, -0.25) is 5.01 Å². The second-order valence-electron chi connectivity index (χ2n) is 6.71. The molecular formula is C19H18ClF3N4O. The highest BCUT2D eigenvalue weighted by molar-refractivity contribution is 6.30. The Bertz CT molecular complexity index is 930. The van der Waals surface area contributed by atoms with Crippen molar-refractivity contribution in [3.05, 3.63) is 64.3 Å². The summed E-state index contributed by atoms with van der Waals surface area (Å²) in [6.45, 7) is 3.00. The van der Waals surface area contributed by atoms with Crippen molar-refractivity contribution in [1.82, 2.24) is 16.0 Å². The van der Waals surface area contributed by atoms with E-state index in [1.807, 2.05) is 29.0 Å². The zero-order chi connectivity index (χ0) is 20.1. The number of benzene rings is 2. The van der Waals surface area contributed by atoms with Crippen molar-refractivity contribution in [2.24, 2.45) is 0 Å². The molecule has 2 aliphatic heterocycles. The van der Waals surface area contributed by atoms with Crippen LogP contribution in [0.5, 0.6) is 0 Å². The zero-order valence-electron chi connectivity index (χ0n) is 14.9. The van der Waals surface area contributed by atoms with Crippen LogP contribution >= 0.6 is 11.6 Å². The molecule has 4 rings (SSSR count). The number of halogens is 4. The predicted molar refractivity (Wildman–Crippen MR) is 101 cm³/mol. The molecule has 2 aliphatic rings. The van der Waals surface area contributed by atoms with Crippen LogP contribution in [-0.4, -0.2) is 29.4 Å². The first kappa shape index (κ1) is 18.9. The van der Waals surface area contributed by atoms with Gasteiger partial charge in [0.25, 0.3) is 0 Å². The third kappa shape index (κ3) is 3.28. The molecule has 0 aromatic heterocycles. The first-order valence-corrected chi connectivity index (χ1v) is 9.06. The van der Waals surface area contributed by atoms with Crippen LogP contribution in [-0.2, 0) is 0 Å². The molecule has 0 aliphatic carbocycles. The van der Waals surface area contributed by atoms with Crippen molar-refractivity contribution in [1.29, 1.82) is 0 Å². The quantitative estimate of drug-likeness (QED) is 0.696. The molecule has 0 spiro atoms. The molecule has 0 radical (unpaired) electrons. The summed E-state index contributed by atoms with van der Waals surface area (Å²) >= 11 is 5.99. The number of aliphatic hydroxyl groups excluding tert-OH is 1. The fourth-order valence-electron chi connectivity index (χ4n) is 3.52. The number of aliphatic hydroxyl groups is 1. The minimum absolute atomic E-state index is 0.198. The monoisotopic (exact) mass is 410 g/mol. The summed E-state index contributed by atoms with van der Waals surface area (Å²) in [6.07, 6.45) is -7.28. The van der Waals surface area contributed by atoms with E-state index in [2.05, 4.69) is 11.0 Å². The Morgan fingerprint density at radius 3 is 2.50 bits per heavy atom. The standard InChI is InChI=1S/C19H18ClF3N4O/c1-11-17-15-7-2-12(18(28)19(21,22)23)10-16(15)26(8-9-27(17)25-24-11)14-5-3-13(20)4-6-14/h2-7,10,18,24-25,28H,8-9H2,1H3. The summed E-state index contributed by atoms with van der Waals surface area (Å²) in [7, 11) is 0. The molecule has 1 atom stereocenters. The highest BCUT2D eigenvalue weighted by Gasteiger charge is 2.40. The van der Waals surface area contributed by atoms with Gasteiger partial charge >= 0.3 is 6.18 Å². The second kappa shape index (κ2) is 6.88. The molecule has 0 saturated carbocycles. The minimum Gasteiger partial charge on any atom is -0.379 e. The number of nitrogens with zero attached hydrogens (tertiary/aromatic N) is 2. The van der Waals surface area contributed by atoms with Gasteiger partial charge in [0.2, 0.25) is 0 Å². The van der Waals surface area contributed by atoms with Crippen LogP contribution in [0.15, 0.2) is 48.2 Å². The van der Waals surface area contributed by atoms with Gasteiger partial charge in [0.1, 0.15) is 0 Å². The molecule has 0 fully saturated rings. The number of hydrogen-bond acceptors (Lipinski definition) is 5. The van der Waals surface area contributed by atoms with Crippen molar-refractivity contribution in [3.63, 3.8) is 0 Å². The smallest absolute Gasteiger partial charge is 0.379 e. The molecule has 0 bridgehead atoms. The number of fused-ring (bicyclic) bond motifs is 3. The second-order valence-corrected chi connectivity index (χ2v) is 7.15. The molecule has 9 heteroatoms. The van der Waals surface area contributed by atoms with E-state index in [-0.39, 0.29) is 5.56 Å². The molecule has 3 N–H and O–H groups in total. The van der Waals surface area contributed by atoms with Crippen LogP contribution < -0.4 is 15.9 Å². The van der Waals surface area contributed by atoms with Gasteiger partial charge in [-0.15, -0.1) is 5.53 Å². The Morgan fingerprint density at radius 2 is 1.82 bits per heavy atom.